The molecule has 0 amide bonds. The molecule has 0 aromatic carbocycles. The van der Waals surface area contributed by atoms with Crippen LogP contribution in [0.4, 0.5) is 0 Å². The number of hydrogen-bond donors (Lipinski definition) is 2. The fourth-order valence-electron chi connectivity index (χ4n) is 1.73. The second-order valence-electron chi connectivity index (χ2n) is 4.62. The molecule has 0 aromatic rings. The highest BCUT2D eigenvalue weighted by atomic mass is 15.2. The maximum absolute atomic E-state index is 4.60. The van der Waals surface area contributed by atoms with Crippen molar-refractivity contribution in [2.24, 2.45) is 10.9 Å². The highest BCUT2D eigenvalue weighted by Gasteiger charge is 2.20. The molecule has 0 bridgehead atoms. The van der Waals surface area contributed by atoms with E-state index in [2.05, 4.69) is 41.3 Å². The summed E-state index contributed by atoms with van der Waals surface area (Å²) in [5.74, 6) is 1.83. The van der Waals surface area contributed by atoms with Crippen molar-refractivity contribution in [1.82, 2.24) is 15.5 Å². The molecule has 0 spiro atoms. The molecule has 0 radical (unpaired) electrons. The Morgan fingerprint density at radius 2 is 1.88 bits per heavy atom. The number of aliphatic imine (C=N–C) groups is 1. The average Bonchev–Trinajstić information content (AvgIpc) is 3.15. The summed E-state index contributed by atoms with van der Waals surface area (Å²) < 4.78 is 0. The summed E-state index contributed by atoms with van der Waals surface area (Å²) in [5.41, 5.74) is 0. The first-order valence-electron chi connectivity index (χ1n) is 7.04. The van der Waals surface area contributed by atoms with Crippen LogP contribution in [0.15, 0.2) is 4.99 Å². The van der Waals surface area contributed by atoms with Gasteiger partial charge in [0.05, 0.1) is 0 Å². The molecule has 17 heavy (non-hydrogen) atoms. The Hall–Kier alpha value is -0.770. The fraction of sp³-hybridized carbons (Fsp3) is 0.923. The van der Waals surface area contributed by atoms with Crippen molar-refractivity contribution in [3.63, 3.8) is 0 Å². The zero-order valence-corrected chi connectivity index (χ0v) is 11.6. The van der Waals surface area contributed by atoms with E-state index in [9.17, 15) is 0 Å². The Morgan fingerprint density at radius 1 is 1.18 bits per heavy atom. The average molecular weight is 240 g/mol. The third kappa shape index (κ3) is 6.51. The van der Waals surface area contributed by atoms with E-state index in [1.807, 2.05) is 0 Å². The Labute approximate surface area is 106 Å². The number of nitrogens with one attached hydrogen (secondary N) is 2. The molecule has 1 aliphatic rings. The molecule has 0 aliphatic heterocycles. The molecule has 0 atom stereocenters. The van der Waals surface area contributed by atoms with Gasteiger partial charge in [-0.25, -0.2) is 0 Å². The molecule has 100 valence electrons. The third-order valence-electron chi connectivity index (χ3n) is 3.16. The van der Waals surface area contributed by atoms with Crippen molar-refractivity contribution in [2.75, 3.05) is 39.3 Å². The van der Waals surface area contributed by atoms with Gasteiger partial charge in [0, 0.05) is 26.2 Å². The largest absolute Gasteiger partial charge is 0.357 e. The van der Waals surface area contributed by atoms with Gasteiger partial charge in [0.25, 0.3) is 0 Å². The summed E-state index contributed by atoms with van der Waals surface area (Å²) in [6.45, 7) is 12.7. The van der Waals surface area contributed by atoms with Crippen LogP contribution in [-0.4, -0.2) is 50.1 Å². The highest BCUT2D eigenvalue weighted by Crippen LogP contribution is 2.28. The third-order valence-corrected chi connectivity index (χ3v) is 3.16. The normalized spacial score (nSPS) is 16.4. The molecule has 4 heteroatoms. The van der Waals surface area contributed by atoms with E-state index >= 15 is 0 Å². The minimum Gasteiger partial charge on any atom is -0.357 e. The summed E-state index contributed by atoms with van der Waals surface area (Å²) in [5, 5.41) is 6.70. The number of nitrogens with zero attached hydrogens (tertiary/aromatic N) is 2. The SMILES string of the molecule is CCNC(=NCC1CC1)NCCN(CC)CC. The lowest BCUT2D eigenvalue weighted by Gasteiger charge is -2.19. The van der Waals surface area contributed by atoms with E-state index in [4.69, 9.17) is 0 Å². The molecule has 1 saturated carbocycles. The number of rotatable bonds is 8. The predicted octanol–water partition coefficient (Wildman–Crippen LogP) is 1.29. The van der Waals surface area contributed by atoms with Crippen molar-refractivity contribution >= 4 is 5.96 Å². The maximum atomic E-state index is 4.60. The number of guanidine groups is 1. The fourth-order valence-corrected chi connectivity index (χ4v) is 1.73. The van der Waals surface area contributed by atoms with Crippen LogP contribution in [0.1, 0.15) is 33.6 Å². The van der Waals surface area contributed by atoms with Crippen LogP contribution >= 0.6 is 0 Å². The van der Waals surface area contributed by atoms with Gasteiger partial charge in [-0.1, -0.05) is 13.8 Å². The zero-order valence-electron chi connectivity index (χ0n) is 11.6. The predicted molar refractivity (Wildman–Crippen MR) is 74.5 cm³/mol. The van der Waals surface area contributed by atoms with Crippen LogP contribution in [0.2, 0.25) is 0 Å². The minimum atomic E-state index is 0.855. The van der Waals surface area contributed by atoms with Gasteiger partial charge in [-0.15, -0.1) is 0 Å². The van der Waals surface area contributed by atoms with E-state index in [1.165, 1.54) is 12.8 Å². The Bertz CT molecular complexity index is 219. The summed E-state index contributed by atoms with van der Waals surface area (Å²) in [6.07, 6.45) is 2.73. The Kier molecular flexibility index (Phi) is 7.01. The molecule has 2 N–H and O–H groups in total. The molecule has 4 nitrogen and oxygen atoms in total. The van der Waals surface area contributed by atoms with E-state index in [0.29, 0.717) is 0 Å². The Morgan fingerprint density at radius 3 is 2.41 bits per heavy atom. The van der Waals surface area contributed by atoms with Crippen LogP contribution in [0.3, 0.4) is 0 Å². The van der Waals surface area contributed by atoms with Crippen LogP contribution in [0.5, 0.6) is 0 Å². The van der Waals surface area contributed by atoms with Gasteiger partial charge in [-0.05, 0) is 38.8 Å². The molecular weight excluding hydrogens is 212 g/mol. The van der Waals surface area contributed by atoms with Crippen LogP contribution in [-0.2, 0) is 0 Å². The zero-order chi connectivity index (χ0) is 12.5. The second kappa shape index (κ2) is 8.34. The minimum absolute atomic E-state index is 0.855. The van der Waals surface area contributed by atoms with Crippen molar-refractivity contribution in [2.45, 2.75) is 33.6 Å². The van der Waals surface area contributed by atoms with Gasteiger partial charge in [-0.3, -0.25) is 4.99 Å². The topological polar surface area (TPSA) is 39.7 Å². The first-order chi connectivity index (χ1) is 8.30. The lowest BCUT2D eigenvalue weighted by Crippen LogP contribution is -2.41. The molecule has 0 aromatic heterocycles. The summed E-state index contributed by atoms with van der Waals surface area (Å²) in [4.78, 5) is 7.01. The van der Waals surface area contributed by atoms with Crippen molar-refractivity contribution in [1.29, 1.82) is 0 Å². The molecule has 0 unspecified atom stereocenters. The summed E-state index contributed by atoms with van der Waals surface area (Å²) >= 11 is 0. The van der Waals surface area contributed by atoms with E-state index in [1.54, 1.807) is 0 Å². The lowest BCUT2D eigenvalue weighted by atomic mass is 10.4. The monoisotopic (exact) mass is 240 g/mol. The van der Waals surface area contributed by atoms with Gasteiger partial charge in [-0.2, -0.15) is 0 Å². The van der Waals surface area contributed by atoms with E-state index < -0.39 is 0 Å². The maximum Gasteiger partial charge on any atom is 0.191 e. The molecule has 0 heterocycles. The summed E-state index contributed by atoms with van der Waals surface area (Å²) in [7, 11) is 0. The van der Waals surface area contributed by atoms with Gasteiger partial charge >= 0.3 is 0 Å². The molecule has 0 saturated heterocycles. The standard InChI is InChI=1S/C13H28N4/c1-4-14-13(16-11-12-7-8-12)15-9-10-17(5-2)6-3/h12H,4-11H2,1-3H3,(H2,14,15,16). The van der Waals surface area contributed by atoms with Gasteiger partial charge in [0.2, 0.25) is 0 Å². The molecular formula is C13H28N4. The van der Waals surface area contributed by atoms with E-state index in [-0.39, 0.29) is 0 Å². The van der Waals surface area contributed by atoms with Crippen molar-refractivity contribution in [3.05, 3.63) is 0 Å². The van der Waals surface area contributed by atoms with Gasteiger partial charge < -0.3 is 15.5 Å². The lowest BCUT2D eigenvalue weighted by molar-refractivity contribution is 0.308. The van der Waals surface area contributed by atoms with Crippen LogP contribution < -0.4 is 10.6 Å². The van der Waals surface area contributed by atoms with Crippen molar-refractivity contribution in [3.8, 4) is 0 Å². The first kappa shape index (κ1) is 14.3. The van der Waals surface area contributed by atoms with Crippen LogP contribution in [0, 0.1) is 5.92 Å². The van der Waals surface area contributed by atoms with Gasteiger partial charge in [0.15, 0.2) is 5.96 Å². The summed E-state index contributed by atoms with van der Waals surface area (Å²) in [6, 6.07) is 0. The van der Waals surface area contributed by atoms with E-state index in [0.717, 1.165) is 51.1 Å². The van der Waals surface area contributed by atoms with Gasteiger partial charge in [0.1, 0.15) is 0 Å². The Balaban J connectivity index is 2.20. The smallest absolute Gasteiger partial charge is 0.191 e. The molecule has 1 fully saturated rings. The number of hydrogen-bond acceptors (Lipinski definition) is 2. The first-order valence-corrected chi connectivity index (χ1v) is 7.04. The van der Waals surface area contributed by atoms with Crippen LogP contribution in [0.25, 0.3) is 0 Å². The quantitative estimate of drug-likeness (QED) is 0.496. The highest BCUT2D eigenvalue weighted by molar-refractivity contribution is 5.79. The second-order valence-corrected chi connectivity index (χ2v) is 4.62. The molecule has 1 aliphatic carbocycles. The number of likely N-dealkylation sites (N-methyl/N-ethyl adjacent to an activating group) is 1. The van der Waals surface area contributed by atoms with Crippen molar-refractivity contribution < 1.29 is 0 Å². The molecule has 1 rings (SSSR count).